The molecule has 0 aliphatic carbocycles. The summed E-state index contributed by atoms with van der Waals surface area (Å²) in [4.78, 5) is 12.5. The van der Waals surface area contributed by atoms with Crippen LogP contribution in [0.4, 0.5) is 10.8 Å². The van der Waals surface area contributed by atoms with Gasteiger partial charge in [0, 0.05) is 11.3 Å². The molecule has 1 N–H and O–H groups in total. The second kappa shape index (κ2) is 10.3. The van der Waals surface area contributed by atoms with E-state index in [4.69, 9.17) is 0 Å². The number of benzene rings is 2. The van der Waals surface area contributed by atoms with Crippen molar-refractivity contribution in [2.45, 2.75) is 24.7 Å². The molecule has 0 saturated carbocycles. The standard InChI is InChI=1S/C22H24N4O3S3/c1-5-10-30-22-25-24-21(31-22)23-20(27)18-8-6-17(7-9-18)14-26(32(4,28)29)19-12-15(2)11-16(3)13-19/h5-9,11-13H,1,10,14H2,2-4H3,(H,23,24,27). The molecule has 0 fully saturated rings. The van der Waals surface area contributed by atoms with E-state index in [1.165, 1.54) is 33.7 Å². The van der Waals surface area contributed by atoms with Crippen LogP contribution in [-0.4, -0.2) is 36.5 Å². The van der Waals surface area contributed by atoms with E-state index in [1.54, 1.807) is 30.3 Å². The smallest absolute Gasteiger partial charge is 0.257 e. The van der Waals surface area contributed by atoms with Crippen LogP contribution in [-0.2, 0) is 16.6 Å². The van der Waals surface area contributed by atoms with Crippen LogP contribution in [0.25, 0.3) is 0 Å². The molecule has 0 spiro atoms. The van der Waals surface area contributed by atoms with E-state index in [1.807, 2.05) is 32.0 Å². The van der Waals surface area contributed by atoms with E-state index < -0.39 is 10.0 Å². The summed E-state index contributed by atoms with van der Waals surface area (Å²) in [6, 6.07) is 12.5. The highest BCUT2D eigenvalue weighted by Crippen LogP contribution is 2.26. The van der Waals surface area contributed by atoms with Crippen molar-refractivity contribution >= 4 is 49.8 Å². The lowest BCUT2D eigenvalue weighted by Crippen LogP contribution is -2.29. The molecule has 3 aromatic rings. The first-order valence-electron chi connectivity index (χ1n) is 9.69. The molecule has 10 heteroatoms. The van der Waals surface area contributed by atoms with Gasteiger partial charge in [0.1, 0.15) is 0 Å². The predicted octanol–water partition coefficient (Wildman–Crippen LogP) is 4.65. The van der Waals surface area contributed by atoms with Crippen molar-refractivity contribution in [3.05, 3.63) is 77.4 Å². The summed E-state index contributed by atoms with van der Waals surface area (Å²) < 4.78 is 27.0. The number of rotatable bonds is 9. The summed E-state index contributed by atoms with van der Waals surface area (Å²) in [7, 11) is -3.49. The van der Waals surface area contributed by atoms with Gasteiger partial charge >= 0.3 is 0 Å². The monoisotopic (exact) mass is 488 g/mol. The van der Waals surface area contributed by atoms with Crippen LogP contribution in [0.2, 0.25) is 0 Å². The van der Waals surface area contributed by atoms with Gasteiger partial charge in [0.05, 0.1) is 18.5 Å². The molecule has 0 bridgehead atoms. The Morgan fingerprint density at radius 1 is 1.16 bits per heavy atom. The zero-order valence-electron chi connectivity index (χ0n) is 18.0. The van der Waals surface area contributed by atoms with Crippen molar-refractivity contribution in [3.63, 3.8) is 0 Å². The first-order valence-corrected chi connectivity index (χ1v) is 13.3. The van der Waals surface area contributed by atoms with Crippen molar-refractivity contribution in [3.8, 4) is 0 Å². The minimum atomic E-state index is -3.49. The van der Waals surface area contributed by atoms with Gasteiger partial charge in [-0.15, -0.1) is 16.8 Å². The quantitative estimate of drug-likeness (QED) is 0.268. The zero-order chi connectivity index (χ0) is 23.3. The lowest BCUT2D eigenvalue weighted by molar-refractivity contribution is 0.102. The zero-order valence-corrected chi connectivity index (χ0v) is 20.5. The molecular formula is C22H24N4O3S3. The van der Waals surface area contributed by atoms with Gasteiger partial charge in [0.25, 0.3) is 5.91 Å². The number of anilines is 2. The van der Waals surface area contributed by atoms with Crippen LogP contribution >= 0.6 is 23.1 Å². The molecule has 3 rings (SSSR count). The summed E-state index contributed by atoms with van der Waals surface area (Å²) in [5, 5.41) is 11.2. The molecule has 0 unspecified atom stereocenters. The molecule has 32 heavy (non-hydrogen) atoms. The third-order valence-electron chi connectivity index (χ3n) is 4.39. The lowest BCUT2D eigenvalue weighted by Gasteiger charge is -2.23. The number of hydrogen-bond donors (Lipinski definition) is 1. The van der Waals surface area contributed by atoms with Crippen LogP contribution in [0, 0.1) is 13.8 Å². The Labute approximate surface area is 196 Å². The van der Waals surface area contributed by atoms with E-state index in [0.717, 1.165) is 26.8 Å². The van der Waals surface area contributed by atoms with Crippen LogP contribution in [0.1, 0.15) is 27.0 Å². The van der Waals surface area contributed by atoms with Gasteiger partial charge in [-0.25, -0.2) is 8.42 Å². The summed E-state index contributed by atoms with van der Waals surface area (Å²) in [6.45, 7) is 7.70. The minimum absolute atomic E-state index is 0.171. The molecule has 168 valence electrons. The molecule has 1 heterocycles. The number of nitrogens with zero attached hydrogens (tertiary/aromatic N) is 3. The highest BCUT2D eigenvalue weighted by molar-refractivity contribution is 8.01. The van der Waals surface area contributed by atoms with E-state index in [2.05, 4.69) is 22.1 Å². The predicted molar refractivity (Wildman–Crippen MR) is 132 cm³/mol. The third-order valence-corrected chi connectivity index (χ3v) is 7.50. The number of nitrogens with one attached hydrogen (secondary N) is 1. The van der Waals surface area contributed by atoms with Gasteiger partial charge < -0.3 is 0 Å². The van der Waals surface area contributed by atoms with Crippen molar-refractivity contribution in [2.24, 2.45) is 0 Å². The van der Waals surface area contributed by atoms with Crippen molar-refractivity contribution < 1.29 is 13.2 Å². The lowest BCUT2D eigenvalue weighted by atomic mass is 10.1. The molecule has 0 atom stereocenters. The average Bonchev–Trinajstić information content (AvgIpc) is 3.16. The number of aryl methyl sites for hydroxylation is 2. The highest BCUT2D eigenvalue weighted by atomic mass is 32.2. The fourth-order valence-electron chi connectivity index (χ4n) is 3.04. The van der Waals surface area contributed by atoms with Crippen molar-refractivity contribution in [1.29, 1.82) is 0 Å². The fourth-order valence-corrected chi connectivity index (χ4v) is 5.42. The number of hydrogen-bond acceptors (Lipinski definition) is 7. The topological polar surface area (TPSA) is 92.3 Å². The Kier molecular flexibility index (Phi) is 7.70. The Morgan fingerprint density at radius 3 is 2.41 bits per heavy atom. The van der Waals surface area contributed by atoms with Gasteiger partial charge in [-0.05, 0) is 54.8 Å². The Morgan fingerprint density at radius 2 is 1.81 bits per heavy atom. The SMILES string of the molecule is C=CCSc1nnc(NC(=O)c2ccc(CN(c3cc(C)cc(C)c3)S(C)(=O)=O)cc2)s1. The normalized spacial score (nSPS) is 11.2. The number of aromatic nitrogens is 2. The maximum absolute atomic E-state index is 12.5. The van der Waals surface area contributed by atoms with Gasteiger partial charge in [0.15, 0.2) is 4.34 Å². The average molecular weight is 489 g/mol. The first-order chi connectivity index (χ1) is 15.2. The number of sulfonamides is 1. The van der Waals surface area contributed by atoms with Crippen LogP contribution < -0.4 is 9.62 Å². The van der Waals surface area contributed by atoms with E-state index in [-0.39, 0.29) is 12.5 Å². The number of carbonyl (C=O) groups is 1. The second-order valence-corrected chi connectivity index (χ2v) is 11.4. The maximum atomic E-state index is 12.5. The Bertz CT molecular complexity index is 1200. The first kappa shape index (κ1) is 24.0. The highest BCUT2D eigenvalue weighted by Gasteiger charge is 2.19. The summed E-state index contributed by atoms with van der Waals surface area (Å²) in [5.41, 5.74) is 3.81. The summed E-state index contributed by atoms with van der Waals surface area (Å²) in [5.74, 6) is 0.415. The maximum Gasteiger partial charge on any atom is 0.257 e. The van der Waals surface area contributed by atoms with Crippen molar-refractivity contribution in [2.75, 3.05) is 21.6 Å². The van der Waals surface area contributed by atoms with E-state index in [0.29, 0.717) is 16.4 Å². The molecule has 1 aromatic heterocycles. The van der Waals surface area contributed by atoms with Crippen LogP contribution in [0.3, 0.4) is 0 Å². The van der Waals surface area contributed by atoms with Gasteiger partial charge in [-0.1, -0.05) is 47.4 Å². The largest absolute Gasteiger partial charge is 0.296 e. The van der Waals surface area contributed by atoms with Crippen molar-refractivity contribution in [1.82, 2.24) is 10.2 Å². The van der Waals surface area contributed by atoms with Gasteiger partial charge in [-0.3, -0.25) is 14.4 Å². The van der Waals surface area contributed by atoms with Crippen LogP contribution in [0.15, 0.2) is 59.5 Å². The molecule has 2 aromatic carbocycles. The van der Waals surface area contributed by atoms with Crippen LogP contribution in [0.5, 0.6) is 0 Å². The Hall–Kier alpha value is -2.69. The summed E-state index contributed by atoms with van der Waals surface area (Å²) in [6.07, 6.45) is 2.97. The van der Waals surface area contributed by atoms with E-state index >= 15 is 0 Å². The number of carbonyl (C=O) groups excluding carboxylic acids is 1. The van der Waals surface area contributed by atoms with Gasteiger partial charge in [-0.2, -0.15) is 0 Å². The molecule has 0 saturated heterocycles. The third kappa shape index (κ3) is 6.41. The Balaban J connectivity index is 1.72. The molecule has 0 aliphatic rings. The fraction of sp³-hybridized carbons (Fsp3) is 0.227. The number of thioether (sulfide) groups is 1. The molecule has 7 nitrogen and oxygen atoms in total. The summed E-state index contributed by atoms with van der Waals surface area (Å²) >= 11 is 2.79. The molecular weight excluding hydrogens is 464 g/mol. The van der Waals surface area contributed by atoms with Gasteiger partial charge in [0.2, 0.25) is 15.2 Å². The minimum Gasteiger partial charge on any atom is -0.296 e. The van der Waals surface area contributed by atoms with E-state index in [9.17, 15) is 13.2 Å². The molecule has 0 radical (unpaired) electrons. The molecule has 1 amide bonds. The second-order valence-electron chi connectivity index (χ2n) is 7.24. The number of amides is 1. The molecule has 0 aliphatic heterocycles.